The van der Waals surface area contributed by atoms with Gasteiger partial charge in [-0.25, -0.2) is 16.8 Å². The molecule has 1 aromatic heterocycles. The molecule has 0 aliphatic carbocycles. The molecule has 1 unspecified atom stereocenters. The molecule has 0 saturated carbocycles. The lowest BCUT2D eigenvalue weighted by molar-refractivity contribution is 0.0714. The maximum atomic E-state index is 12.7. The number of carbonyl (C=O) groups is 1. The Hall–Kier alpha value is -2.13. The van der Waals surface area contributed by atoms with Crippen LogP contribution in [-0.2, 0) is 25.4 Å². The van der Waals surface area contributed by atoms with Gasteiger partial charge in [-0.2, -0.15) is 0 Å². The van der Waals surface area contributed by atoms with E-state index in [0.717, 1.165) is 0 Å². The van der Waals surface area contributed by atoms with E-state index in [9.17, 15) is 21.6 Å². The Morgan fingerprint density at radius 2 is 1.92 bits per heavy atom. The van der Waals surface area contributed by atoms with E-state index in [1.165, 1.54) is 36.4 Å². The van der Waals surface area contributed by atoms with Gasteiger partial charge in [0.1, 0.15) is 0 Å². The summed E-state index contributed by atoms with van der Waals surface area (Å²) in [6.45, 7) is 0. The number of amides is 1. The standard InChI is InChI=1S/C17H19NO6S2/c1-18(14-8-10-25(20,21)12-14)17(19)16-13(7-9-24-16)11-26(22,23)15-5-3-2-4-6-15/h2-7,9,14H,8,10-12H2,1H3. The maximum absolute atomic E-state index is 12.7. The Balaban J connectivity index is 1.81. The quantitative estimate of drug-likeness (QED) is 0.758. The zero-order valence-electron chi connectivity index (χ0n) is 14.2. The molecular formula is C17H19NO6S2. The largest absolute Gasteiger partial charge is 0.459 e. The van der Waals surface area contributed by atoms with Crippen LogP contribution in [0.25, 0.3) is 0 Å². The first kappa shape index (κ1) is 18.7. The molecule has 1 fully saturated rings. The highest BCUT2D eigenvalue weighted by Gasteiger charge is 2.35. The second kappa shape index (κ2) is 6.88. The third-order valence-corrected chi connectivity index (χ3v) is 7.90. The zero-order valence-corrected chi connectivity index (χ0v) is 15.8. The minimum absolute atomic E-state index is 0.0443. The van der Waals surface area contributed by atoms with Crippen LogP contribution >= 0.6 is 0 Å². The van der Waals surface area contributed by atoms with Gasteiger partial charge in [-0.3, -0.25) is 4.79 Å². The van der Waals surface area contributed by atoms with Crippen molar-refractivity contribution in [3.05, 3.63) is 54.0 Å². The molecular weight excluding hydrogens is 378 g/mol. The molecule has 140 valence electrons. The van der Waals surface area contributed by atoms with Gasteiger partial charge in [0.25, 0.3) is 5.91 Å². The summed E-state index contributed by atoms with van der Waals surface area (Å²) in [7, 11) is -5.26. The molecule has 1 aromatic carbocycles. The molecule has 2 aromatic rings. The minimum atomic E-state index is -3.63. The molecule has 7 nitrogen and oxygen atoms in total. The molecule has 26 heavy (non-hydrogen) atoms. The van der Waals surface area contributed by atoms with Gasteiger partial charge in [-0.1, -0.05) is 18.2 Å². The molecule has 0 bridgehead atoms. The molecule has 1 atom stereocenters. The minimum Gasteiger partial charge on any atom is -0.459 e. The monoisotopic (exact) mass is 397 g/mol. The van der Waals surface area contributed by atoms with Crippen molar-refractivity contribution in [1.29, 1.82) is 0 Å². The van der Waals surface area contributed by atoms with Crippen molar-refractivity contribution in [2.45, 2.75) is 23.1 Å². The van der Waals surface area contributed by atoms with Crippen molar-refractivity contribution in [1.82, 2.24) is 4.90 Å². The Bertz CT molecular complexity index is 1010. The SMILES string of the molecule is CN(C(=O)c1occc1CS(=O)(=O)c1ccccc1)C1CCS(=O)(=O)C1. The molecule has 0 spiro atoms. The lowest BCUT2D eigenvalue weighted by Gasteiger charge is -2.22. The number of hydrogen-bond donors (Lipinski definition) is 0. The number of benzene rings is 1. The Morgan fingerprint density at radius 1 is 1.23 bits per heavy atom. The molecule has 1 saturated heterocycles. The summed E-state index contributed by atoms with van der Waals surface area (Å²) in [6.07, 6.45) is 1.63. The van der Waals surface area contributed by atoms with Gasteiger partial charge in [0.2, 0.25) is 0 Å². The van der Waals surface area contributed by atoms with Gasteiger partial charge < -0.3 is 9.32 Å². The van der Waals surface area contributed by atoms with E-state index in [2.05, 4.69) is 0 Å². The number of furan rings is 1. The number of hydrogen-bond acceptors (Lipinski definition) is 6. The summed E-state index contributed by atoms with van der Waals surface area (Å²) >= 11 is 0. The van der Waals surface area contributed by atoms with Crippen LogP contribution in [0.5, 0.6) is 0 Å². The summed E-state index contributed by atoms with van der Waals surface area (Å²) in [5.41, 5.74) is 0.256. The van der Waals surface area contributed by atoms with E-state index in [4.69, 9.17) is 4.42 Å². The number of rotatable bonds is 5. The van der Waals surface area contributed by atoms with E-state index in [-0.39, 0.29) is 33.5 Å². The van der Waals surface area contributed by atoms with E-state index in [1.807, 2.05) is 0 Å². The van der Waals surface area contributed by atoms with Crippen molar-refractivity contribution < 1.29 is 26.0 Å². The van der Waals surface area contributed by atoms with Crippen molar-refractivity contribution in [2.75, 3.05) is 18.6 Å². The summed E-state index contributed by atoms with van der Waals surface area (Å²) in [4.78, 5) is 14.2. The summed E-state index contributed by atoms with van der Waals surface area (Å²) in [6, 6.07) is 8.98. The first-order chi connectivity index (χ1) is 12.2. The van der Waals surface area contributed by atoms with Crippen LogP contribution in [0, 0.1) is 0 Å². The van der Waals surface area contributed by atoms with Crippen LogP contribution in [-0.4, -0.2) is 52.2 Å². The van der Waals surface area contributed by atoms with Crippen molar-refractivity contribution in [3.8, 4) is 0 Å². The summed E-state index contributed by atoms with van der Waals surface area (Å²) in [5.74, 6) is -1.01. The van der Waals surface area contributed by atoms with Crippen molar-refractivity contribution >= 4 is 25.6 Å². The summed E-state index contributed by atoms with van der Waals surface area (Å²) in [5, 5.41) is 0. The number of carbonyl (C=O) groups excluding carboxylic acids is 1. The second-order valence-electron chi connectivity index (χ2n) is 6.32. The highest BCUT2D eigenvalue weighted by molar-refractivity contribution is 7.91. The van der Waals surface area contributed by atoms with Crippen LogP contribution in [0.2, 0.25) is 0 Å². The topological polar surface area (TPSA) is 102 Å². The van der Waals surface area contributed by atoms with Crippen molar-refractivity contribution in [3.63, 3.8) is 0 Å². The molecule has 1 aliphatic rings. The Labute approximate surface area is 152 Å². The van der Waals surface area contributed by atoms with Gasteiger partial charge in [-0.15, -0.1) is 0 Å². The lowest BCUT2D eigenvalue weighted by Crippen LogP contribution is -2.38. The fourth-order valence-corrected chi connectivity index (χ4v) is 6.11. The normalized spacial score (nSPS) is 19.3. The highest BCUT2D eigenvalue weighted by Crippen LogP contribution is 2.23. The van der Waals surface area contributed by atoms with Crippen LogP contribution in [0.15, 0.2) is 52.0 Å². The predicted molar refractivity (Wildman–Crippen MR) is 95.2 cm³/mol. The van der Waals surface area contributed by atoms with E-state index in [1.54, 1.807) is 18.2 Å². The fraction of sp³-hybridized carbons (Fsp3) is 0.353. The first-order valence-electron chi connectivity index (χ1n) is 8.01. The Kier molecular flexibility index (Phi) is 4.94. The average molecular weight is 397 g/mol. The highest BCUT2D eigenvalue weighted by atomic mass is 32.2. The first-order valence-corrected chi connectivity index (χ1v) is 11.5. The van der Waals surface area contributed by atoms with Gasteiger partial charge in [0.15, 0.2) is 25.4 Å². The third-order valence-electron chi connectivity index (χ3n) is 4.47. The molecule has 0 radical (unpaired) electrons. The average Bonchev–Trinajstić information content (AvgIpc) is 3.20. The smallest absolute Gasteiger partial charge is 0.289 e. The van der Waals surface area contributed by atoms with Gasteiger partial charge in [0.05, 0.1) is 28.4 Å². The molecule has 1 aliphatic heterocycles. The second-order valence-corrected chi connectivity index (χ2v) is 10.5. The van der Waals surface area contributed by atoms with Gasteiger partial charge in [0, 0.05) is 18.7 Å². The Morgan fingerprint density at radius 3 is 2.54 bits per heavy atom. The zero-order chi connectivity index (χ0) is 18.9. The van der Waals surface area contributed by atoms with E-state index >= 15 is 0 Å². The molecule has 1 amide bonds. The van der Waals surface area contributed by atoms with Crippen LogP contribution < -0.4 is 0 Å². The molecule has 2 heterocycles. The van der Waals surface area contributed by atoms with Crippen LogP contribution in [0.4, 0.5) is 0 Å². The predicted octanol–water partition coefficient (Wildman–Crippen LogP) is 1.51. The van der Waals surface area contributed by atoms with Crippen molar-refractivity contribution in [2.24, 2.45) is 0 Å². The molecule has 9 heteroatoms. The number of nitrogens with zero attached hydrogens (tertiary/aromatic N) is 1. The van der Waals surface area contributed by atoms with E-state index < -0.39 is 31.6 Å². The van der Waals surface area contributed by atoms with Crippen LogP contribution in [0.3, 0.4) is 0 Å². The third kappa shape index (κ3) is 3.83. The molecule has 3 rings (SSSR count). The van der Waals surface area contributed by atoms with Gasteiger partial charge >= 0.3 is 0 Å². The maximum Gasteiger partial charge on any atom is 0.289 e. The fourth-order valence-electron chi connectivity index (χ4n) is 2.96. The van der Waals surface area contributed by atoms with Gasteiger partial charge in [-0.05, 0) is 24.6 Å². The summed E-state index contributed by atoms with van der Waals surface area (Å²) < 4.78 is 53.6. The lowest BCUT2D eigenvalue weighted by atomic mass is 10.2. The number of sulfone groups is 2. The van der Waals surface area contributed by atoms with Crippen LogP contribution in [0.1, 0.15) is 22.5 Å². The molecule has 0 N–H and O–H groups in total. The van der Waals surface area contributed by atoms with E-state index in [0.29, 0.717) is 6.42 Å².